The van der Waals surface area contributed by atoms with E-state index in [1.807, 2.05) is 9.80 Å². The SMILES string of the molecule is COCCNc1nc(N2CC(N)CC(N)C2)nc(N2CC(N)CC(N)C2)n1. The monoisotopic (exact) mass is 380 g/mol. The Labute approximate surface area is 159 Å². The standard InChI is InChI=1S/C16H32N10O/c1-27-3-2-21-14-22-15(25-6-10(17)4-11(18)7-25)24-16(23-14)26-8-12(19)5-13(20)9-26/h10-13H,2-9,17-20H2,1H3,(H,21,22,23,24). The third-order valence-electron chi connectivity index (χ3n) is 4.80. The van der Waals surface area contributed by atoms with Crippen LogP contribution in [0.5, 0.6) is 0 Å². The van der Waals surface area contributed by atoms with Gasteiger partial charge in [-0.3, -0.25) is 0 Å². The molecule has 2 fully saturated rings. The zero-order valence-corrected chi connectivity index (χ0v) is 15.9. The van der Waals surface area contributed by atoms with Crippen LogP contribution in [0.3, 0.4) is 0 Å². The van der Waals surface area contributed by atoms with E-state index >= 15 is 0 Å². The highest BCUT2D eigenvalue weighted by Gasteiger charge is 2.28. The van der Waals surface area contributed by atoms with E-state index in [4.69, 9.17) is 27.7 Å². The molecule has 0 aliphatic carbocycles. The summed E-state index contributed by atoms with van der Waals surface area (Å²) < 4.78 is 5.09. The number of hydrogen-bond donors (Lipinski definition) is 5. The lowest BCUT2D eigenvalue weighted by atomic mass is 10.0. The second-order valence-corrected chi connectivity index (χ2v) is 7.50. The molecule has 0 aromatic carbocycles. The molecule has 0 spiro atoms. The van der Waals surface area contributed by atoms with Gasteiger partial charge in [0.1, 0.15) is 0 Å². The molecular formula is C16H32N10O. The number of anilines is 3. The van der Waals surface area contributed by atoms with Crippen molar-refractivity contribution in [1.29, 1.82) is 0 Å². The minimum absolute atomic E-state index is 0.00398. The minimum Gasteiger partial charge on any atom is -0.383 e. The van der Waals surface area contributed by atoms with Gasteiger partial charge in [-0.1, -0.05) is 0 Å². The molecule has 11 nitrogen and oxygen atoms in total. The molecule has 3 heterocycles. The third-order valence-corrected chi connectivity index (χ3v) is 4.80. The summed E-state index contributed by atoms with van der Waals surface area (Å²) in [6.07, 6.45) is 1.59. The van der Waals surface area contributed by atoms with Crippen molar-refractivity contribution in [2.24, 2.45) is 22.9 Å². The predicted molar refractivity (Wildman–Crippen MR) is 106 cm³/mol. The van der Waals surface area contributed by atoms with E-state index in [-0.39, 0.29) is 24.2 Å². The molecular weight excluding hydrogens is 348 g/mol. The zero-order chi connectivity index (χ0) is 19.4. The minimum atomic E-state index is -0.00398. The highest BCUT2D eigenvalue weighted by Crippen LogP contribution is 2.22. The summed E-state index contributed by atoms with van der Waals surface area (Å²) in [5, 5.41) is 3.18. The van der Waals surface area contributed by atoms with Gasteiger partial charge in [0.25, 0.3) is 0 Å². The maximum absolute atomic E-state index is 6.14. The van der Waals surface area contributed by atoms with Crippen LogP contribution in [0.1, 0.15) is 12.8 Å². The van der Waals surface area contributed by atoms with E-state index in [0.29, 0.717) is 57.2 Å². The number of nitrogens with zero attached hydrogens (tertiary/aromatic N) is 5. The average Bonchev–Trinajstić information content (AvgIpc) is 2.60. The third kappa shape index (κ3) is 5.36. The van der Waals surface area contributed by atoms with Gasteiger partial charge in [0.15, 0.2) is 0 Å². The second kappa shape index (κ2) is 8.93. The van der Waals surface area contributed by atoms with Crippen LogP contribution in [0.4, 0.5) is 17.8 Å². The molecule has 2 aliphatic heterocycles. The summed E-state index contributed by atoms with van der Waals surface area (Å²) in [5.41, 5.74) is 24.6. The molecule has 4 unspecified atom stereocenters. The van der Waals surface area contributed by atoms with Crippen molar-refractivity contribution in [3.8, 4) is 0 Å². The number of piperidine rings is 2. The molecule has 0 amide bonds. The van der Waals surface area contributed by atoms with E-state index in [0.717, 1.165) is 12.8 Å². The zero-order valence-electron chi connectivity index (χ0n) is 15.9. The molecule has 11 heteroatoms. The molecule has 0 bridgehead atoms. The number of nitrogens with two attached hydrogens (primary N) is 4. The summed E-state index contributed by atoms with van der Waals surface area (Å²) in [6, 6.07) is -0.0159. The second-order valence-electron chi connectivity index (χ2n) is 7.50. The summed E-state index contributed by atoms with van der Waals surface area (Å²) in [5.74, 6) is 1.63. The molecule has 9 N–H and O–H groups in total. The van der Waals surface area contributed by atoms with Crippen LogP contribution in [0, 0.1) is 0 Å². The number of ether oxygens (including phenoxy) is 1. The Morgan fingerprint density at radius 2 is 1.30 bits per heavy atom. The molecule has 152 valence electrons. The van der Waals surface area contributed by atoms with Gasteiger partial charge in [-0.15, -0.1) is 0 Å². The lowest BCUT2D eigenvalue weighted by molar-refractivity contribution is 0.210. The van der Waals surface area contributed by atoms with Crippen LogP contribution in [-0.4, -0.2) is 85.6 Å². The normalized spacial score (nSPS) is 29.1. The number of nitrogens with one attached hydrogen (secondary N) is 1. The number of rotatable bonds is 6. The first kappa shape index (κ1) is 20.0. The number of hydrogen-bond acceptors (Lipinski definition) is 11. The Hall–Kier alpha value is -1.79. The van der Waals surface area contributed by atoms with Gasteiger partial charge in [-0.05, 0) is 12.8 Å². The Balaban J connectivity index is 1.86. The first-order valence-corrected chi connectivity index (χ1v) is 9.45. The Kier molecular flexibility index (Phi) is 6.60. The molecule has 2 aliphatic rings. The molecule has 1 aromatic heterocycles. The van der Waals surface area contributed by atoms with Gasteiger partial charge in [-0.2, -0.15) is 15.0 Å². The fourth-order valence-electron chi connectivity index (χ4n) is 3.66. The summed E-state index contributed by atoms with van der Waals surface area (Å²) >= 11 is 0. The van der Waals surface area contributed by atoms with Gasteiger partial charge >= 0.3 is 0 Å². The Morgan fingerprint density at radius 3 is 1.70 bits per heavy atom. The van der Waals surface area contributed by atoms with Crippen molar-refractivity contribution in [2.75, 3.05) is 61.6 Å². The first-order valence-electron chi connectivity index (χ1n) is 9.45. The number of aromatic nitrogens is 3. The van der Waals surface area contributed by atoms with Gasteiger partial charge in [0.2, 0.25) is 17.8 Å². The fraction of sp³-hybridized carbons (Fsp3) is 0.812. The van der Waals surface area contributed by atoms with Gasteiger partial charge < -0.3 is 42.8 Å². The first-order chi connectivity index (χ1) is 12.9. The van der Waals surface area contributed by atoms with Crippen LogP contribution < -0.4 is 38.1 Å². The van der Waals surface area contributed by atoms with Crippen molar-refractivity contribution >= 4 is 17.8 Å². The lowest BCUT2D eigenvalue weighted by Gasteiger charge is -2.37. The van der Waals surface area contributed by atoms with Crippen molar-refractivity contribution in [2.45, 2.75) is 37.0 Å². The van der Waals surface area contributed by atoms with E-state index in [1.54, 1.807) is 7.11 Å². The van der Waals surface area contributed by atoms with Crippen molar-refractivity contribution in [3.63, 3.8) is 0 Å². The molecule has 3 rings (SSSR count). The van der Waals surface area contributed by atoms with Crippen molar-refractivity contribution in [1.82, 2.24) is 15.0 Å². The maximum Gasteiger partial charge on any atom is 0.232 e. The smallest absolute Gasteiger partial charge is 0.232 e. The van der Waals surface area contributed by atoms with Gasteiger partial charge in [-0.25, -0.2) is 0 Å². The van der Waals surface area contributed by atoms with Crippen LogP contribution >= 0.6 is 0 Å². The van der Waals surface area contributed by atoms with Crippen molar-refractivity contribution in [3.05, 3.63) is 0 Å². The van der Waals surface area contributed by atoms with Crippen LogP contribution in [0.25, 0.3) is 0 Å². The van der Waals surface area contributed by atoms with E-state index in [2.05, 4.69) is 20.3 Å². The Bertz CT molecular complexity index is 553. The quantitative estimate of drug-likeness (QED) is 0.335. The average molecular weight is 381 g/mol. The van der Waals surface area contributed by atoms with Crippen LogP contribution in [-0.2, 0) is 4.74 Å². The van der Waals surface area contributed by atoms with Crippen LogP contribution in [0.15, 0.2) is 0 Å². The molecule has 1 aromatic rings. The molecule has 0 radical (unpaired) electrons. The fourth-order valence-corrected chi connectivity index (χ4v) is 3.66. The van der Waals surface area contributed by atoms with E-state index in [1.165, 1.54) is 0 Å². The van der Waals surface area contributed by atoms with Crippen LogP contribution in [0.2, 0.25) is 0 Å². The van der Waals surface area contributed by atoms with E-state index in [9.17, 15) is 0 Å². The molecule has 0 saturated carbocycles. The van der Waals surface area contributed by atoms with Crippen molar-refractivity contribution < 1.29 is 4.74 Å². The largest absolute Gasteiger partial charge is 0.383 e. The van der Waals surface area contributed by atoms with Gasteiger partial charge in [0.05, 0.1) is 6.61 Å². The molecule has 27 heavy (non-hydrogen) atoms. The lowest BCUT2D eigenvalue weighted by Crippen LogP contribution is -2.54. The highest BCUT2D eigenvalue weighted by atomic mass is 16.5. The summed E-state index contributed by atoms with van der Waals surface area (Å²) in [7, 11) is 1.65. The molecule has 2 saturated heterocycles. The summed E-state index contributed by atoms with van der Waals surface area (Å²) in [6.45, 7) is 3.79. The number of methoxy groups -OCH3 is 1. The maximum atomic E-state index is 6.14. The van der Waals surface area contributed by atoms with Gasteiger partial charge in [0, 0.05) is 64.0 Å². The predicted octanol–water partition coefficient (Wildman–Crippen LogP) is -2.34. The molecule has 4 atom stereocenters. The topological polar surface area (TPSA) is 170 Å². The van der Waals surface area contributed by atoms with E-state index < -0.39 is 0 Å². The highest BCUT2D eigenvalue weighted by molar-refractivity contribution is 5.46. The summed E-state index contributed by atoms with van der Waals surface area (Å²) in [4.78, 5) is 17.9. The Morgan fingerprint density at radius 1 is 0.852 bits per heavy atom.